The summed E-state index contributed by atoms with van der Waals surface area (Å²) < 4.78 is 10.6. The maximum atomic E-state index is 12.8. The topological polar surface area (TPSA) is 68.2 Å². The molecule has 4 aliphatic carbocycles. The van der Waals surface area contributed by atoms with Gasteiger partial charge < -0.3 is 9.47 Å². The van der Waals surface area contributed by atoms with Crippen molar-refractivity contribution < 1.29 is 19.1 Å². The Morgan fingerprint density at radius 1 is 1.00 bits per heavy atom. The first-order valence-electron chi connectivity index (χ1n) is 8.72. The number of imide groups is 1. The third kappa shape index (κ3) is 1.72. The van der Waals surface area contributed by atoms with Gasteiger partial charge in [-0.15, -0.1) is 0 Å². The van der Waals surface area contributed by atoms with E-state index in [-0.39, 0.29) is 42.3 Å². The summed E-state index contributed by atoms with van der Waals surface area (Å²) in [7, 11) is 0. The molecule has 2 aliphatic heterocycles. The number of amides is 2. The molecule has 1 saturated heterocycles. The summed E-state index contributed by atoms with van der Waals surface area (Å²) in [6, 6.07) is 5.43. The first-order chi connectivity index (χ1) is 12.2. The Morgan fingerprint density at radius 2 is 1.68 bits per heavy atom. The molecular weight excluding hydrogens is 320 g/mol. The number of hydrazone groups is 1. The Labute approximate surface area is 144 Å². The van der Waals surface area contributed by atoms with Gasteiger partial charge in [-0.05, 0) is 53.9 Å². The molecule has 0 N–H and O–H groups in total. The molecule has 1 aromatic carbocycles. The minimum atomic E-state index is -0.208. The maximum Gasteiger partial charge on any atom is 0.254 e. The first-order valence-corrected chi connectivity index (χ1v) is 8.72. The van der Waals surface area contributed by atoms with E-state index in [9.17, 15) is 9.59 Å². The highest BCUT2D eigenvalue weighted by atomic mass is 16.7. The predicted octanol–water partition coefficient (Wildman–Crippen LogP) is 1.80. The highest BCUT2D eigenvalue weighted by Crippen LogP contribution is 2.65. The Kier molecular flexibility index (Phi) is 2.46. The van der Waals surface area contributed by atoms with Crippen LogP contribution in [-0.4, -0.2) is 29.8 Å². The van der Waals surface area contributed by atoms with E-state index >= 15 is 0 Å². The van der Waals surface area contributed by atoms with Crippen LogP contribution < -0.4 is 9.47 Å². The number of fused-ring (bicyclic) bond motifs is 1. The van der Waals surface area contributed by atoms with Crippen molar-refractivity contribution in [1.82, 2.24) is 5.01 Å². The fourth-order valence-electron chi connectivity index (χ4n) is 5.17. The minimum absolute atomic E-state index is 0.142. The van der Waals surface area contributed by atoms with E-state index in [1.54, 1.807) is 18.3 Å². The van der Waals surface area contributed by atoms with Gasteiger partial charge >= 0.3 is 0 Å². The molecule has 7 rings (SSSR count). The summed E-state index contributed by atoms with van der Waals surface area (Å²) in [6.45, 7) is 0.209. The van der Waals surface area contributed by atoms with Crippen LogP contribution in [0.2, 0.25) is 0 Å². The van der Waals surface area contributed by atoms with E-state index in [0.29, 0.717) is 23.3 Å². The number of allylic oxidation sites excluding steroid dienone is 2. The molecule has 2 bridgehead atoms. The van der Waals surface area contributed by atoms with Gasteiger partial charge in [0.05, 0.1) is 18.1 Å². The molecule has 1 aromatic rings. The Morgan fingerprint density at radius 3 is 2.40 bits per heavy atom. The van der Waals surface area contributed by atoms with E-state index in [2.05, 4.69) is 17.3 Å². The molecule has 2 heterocycles. The molecule has 6 nitrogen and oxygen atoms in total. The van der Waals surface area contributed by atoms with Crippen molar-refractivity contribution in [3.8, 4) is 11.5 Å². The molecule has 0 spiro atoms. The van der Waals surface area contributed by atoms with E-state index in [1.165, 1.54) is 0 Å². The number of benzene rings is 1. The number of hydrogen-bond acceptors (Lipinski definition) is 5. The molecule has 0 radical (unpaired) electrons. The minimum Gasteiger partial charge on any atom is -0.454 e. The number of hydrogen-bond donors (Lipinski definition) is 0. The van der Waals surface area contributed by atoms with Gasteiger partial charge in [-0.1, -0.05) is 12.2 Å². The van der Waals surface area contributed by atoms with Gasteiger partial charge in [0.15, 0.2) is 11.5 Å². The van der Waals surface area contributed by atoms with Gasteiger partial charge in [0.1, 0.15) is 0 Å². The van der Waals surface area contributed by atoms with Crippen LogP contribution in [0.4, 0.5) is 0 Å². The summed E-state index contributed by atoms with van der Waals surface area (Å²) in [6.07, 6.45) is 7.04. The summed E-state index contributed by atoms with van der Waals surface area (Å²) in [5, 5.41) is 5.32. The summed E-state index contributed by atoms with van der Waals surface area (Å²) >= 11 is 0. The van der Waals surface area contributed by atoms with E-state index in [0.717, 1.165) is 17.0 Å². The van der Waals surface area contributed by atoms with Crippen molar-refractivity contribution in [2.24, 2.45) is 40.6 Å². The zero-order valence-electron chi connectivity index (χ0n) is 13.4. The molecule has 25 heavy (non-hydrogen) atoms. The van der Waals surface area contributed by atoms with Crippen LogP contribution >= 0.6 is 0 Å². The highest BCUT2D eigenvalue weighted by Gasteiger charge is 2.67. The fraction of sp³-hybridized carbons (Fsp3) is 0.421. The molecule has 126 valence electrons. The normalized spacial score (nSPS) is 39.3. The first kappa shape index (κ1) is 13.6. The van der Waals surface area contributed by atoms with Gasteiger partial charge in [0.2, 0.25) is 6.79 Å². The zero-order valence-corrected chi connectivity index (χ0v) is 13.4. The highest BCUT2D eigenvalue weighted by molar-refractivity contribution is 6.06. The Bertz CT molecular complexity index is 840. The lowest BCUT2D eigenvalue weighted by molar-refractivity contribution is -0.140. The number of carbonyl (C=O) groups is 2. The smallest absolute Gasteiger partial charge is 0.254 e. The number of carbonyl (C=O) groups excluding carboxylic acids is 2. The second kappa shape index (κ2) is 4.50. The van der Waals surface area contributed by atoms with Crippen molar-refractivity contribution in [3.63, 3.8) is 0 Å². The maximum absolute atomic E-state index is 12.8. The number of ether oxygens (including phenoxy) is 2. The van der Waals surface area contributed by atoms with Gasteiger partial charge in [0.25, 0.3) is 11.8 Å². The lowest BCUT2D eigenvalue weighted by Gasteiger charge is -2.37. The molecule has 6 heteroatoms. The van der Waals surface area contributed by atoms with Gasteiger partial charge in [-0.2, -0.15) is 10.1 Å². The van der Waals surface area contributed by atoms with Crippen LogP contribution in [0.15, 0.2) is 35.5 Å². The van der Waals surface area contributed by atoms with Crippen LogP contribution in [0.5, 0.6) is 11.5 Å². The van der Waals surface area contributed by atoms with Gasteiger partial charge in [-0.25, -0.2) is 0 Å². The third-order valence-corrected chi connectivity index (χ3v) is 6.36. The van der Waals surface area contributed by atoms with Crippen molar-refractivity contribution in [2.45, 2.75) is 6.42 Å². The third-order valence-electron chi connectivity index (χ3n) is 6.36. The standard InChI is InChI=1S/C19H16N2O4/c22-18-16-10-2-3-11(13-6-12(10)13)17(16)19(23)21(18)20-7-9-1-4-14-15(5-9)25-8-24-14/h1-5,7,10-13,16-17H,6,8H2/t10-,11-,12-,13-,16-,17+/m0/s1. The van der Waals surface area contributed by atoms with E-state index < -0.39 is 0 Å². The Hall–Kier alpha value is -2.63. The van der Waals surface area contributed by atoms with Crippen LogP contribution in [0.1, 0.15) is 12.0 Å². The molecule has 2 amide bonds. The van der Waals surface area contributed by atoms with E-state index in [1.807, 2.05) is 6.07 Å². The Balaban J connectivity index is 1.30. The van der Waals surface area contributed by atoms with Crippen LogP contribution in [-0.2, 0) is 9.59 Å². The van der Waals surface area contributed by atoms with E-state index in [4.69, 9.17) is 9.47 Å². The average Bonchev–Trinajstić information content (AvgIpc) is 3.27. The van der Waals surface area contributed by atoms with Gasteiger partial charge in [-0.3, -0.25) is 9.59 Å². The molecule has 2 saturated carbocycles. The summed E-state index contributed by atoms with van der Waals surface area (Å²) in [4.78, 5) is 25.7. The van der Waals surface area contributed by atoms with Crippen LogP contribution in [0.3, 0.4) is 0 Å². The molecule has 0 unspecified atom stereocenters. The monoisotopic (exact) mass is 336 g/mol. The molecular formula is C19H16N2O4. The quantitative estimate of drug-likeness (QED) is 0.469. The fourth-order valence-corrected chi connectivity index (χ4v) is 5.17. The molecule has 0 aromatic heterocycles. The van der Waals surface area contributed by atoms with Crippen molar-refractivity contribution in [3.05, 3.63) is 35.9 Å². The van der Waals surface area contributed by atoms with Gasteiger partial charge in [0, 0.05) is 0 Å². The summed E-state index contributed by atoms with van der Waals surface area (Å²) in [5.41, 5.74) is 0.767. The van der Waals surface area contributed by atoms with Crippen molar-refractivity contribution >= 4 is 18.0 Å². The van der Waals surface area contributed by atoms with Crippen molar-refractivity contribution in [1.29, 1.82) is 0 Å². The van der Waals surface area contributed by atoms with Crippen LogP contribution in [0.25, 0.3) is 0 Å². The number of rotatable bonds is 2. The molecule has 3 fully saturated rings. The molecule has 6 aliphatic rings. The second-order valence-electron chi connectivity index (χ2n) is 7.50. The van der Waals surface area contributed by atoms with Crippen molar-refractivity contribution in [2.75, 3.05) is 6.79 Å². The largest absolute Gasteiger partial charge is 0.454 e. The SMILES string of the molecule is O=C1[C@@H]2[C@H]3C=C[C@@H]([C@@H]4C[C@@H]34)[C@@H]2C(=O)N1N=Cc1ccc2c(c1)OCO2. The second-order valence-corrected chi connectivity index (χ2v) is 7.50. The summed E-state index contributed by atoms with van der Waals surface area (Å²) in [5.74, 6) is 2.30. The van der Waals surface area contributed by atoms with Crippen LogP contribution in [0, 0.1) is 35.5 Å². The lowest BCUT2D eigenvalue weighted by Crippen LogP contribution is -2.40. The molecule has 6 atom stereocenters. The lowest BCUT2D eigenvalue weighted by atomic mass is 9.63. The zero-order chi connectivity index (χ0) is 16.7. The predicted molar refractivity (Wildman–Crippen MR) is 86.7 cm³/mol. The average molecular weight is 336 g/mol. The number of nitrogens with zero attached hydrogens (tertiary/aromatic N) is 2.